The van der Waals surface area contributed by atoms with Gasteiger partial charge in [0.05, 0.1) is 4.92 Å². The van der Waals surface area contributed by atoms with Crippen LogP contribution in [0, 0.1) is 19.6 Å². The molecule has 2 fully saturated rings. The molecule has 1 aromatic carbocycles. The summed E-state index contributed by atoms with van der Waals surface area (Å²) in [5, 5.41) is 14.6. The maximum Gasteiger partial charge on any atom is 0.293 e. The maximum atomic E-state index is 11.2. The molecular formula is C12H14IN3O2. The molecule has 0 spiro atoms. The average Bonchev–Trinajstić information content (AvgIpc) is 2.91. The molecule has 0 saturated carbocycles. The first-order valence-corrected chi connectivity index (χ1v) is 7.16. The van der Waals surface area contributed by atoms with Gasteiger partial charge in [-0.3, -0.25) is 10.1 Å². The first-order chi connectivity index (χ1) is 8.66. The highest BCUT2D eigenvalue weighted by molar-refractivity contribution is 14.1. The second-order valence-corrected chi connectivity index (χ2v) is 6.10. The number of nitrogens with one attached hydrogen (secondary N) is 1. The Hall–Kier alpha value is -0.890. The number of nitrogens with zero attached hydrogens (tertiary/aromatic N) is 2. The van der Waals surface area contributed by atoms with E-state index in [1.165, 1.54) is 0 Å². The van der Waals surface area contributed by atoms with E-state index in [-0.39, 0.29) is 10.6 Å². The monoisotopic (exact) mass is 359 g/mol. The molecule has 1 aromatic rings. The highest BCUT2D eigenvalue weighted by Gasteiger charge is 2.39. The van der Waals surface area contributed by atoms with Crippen molar-refractivity contribution in [2.75, 3.05) is 24.5 Å². The van der Waals surface area contributed by atoms with E-state index in [1.54, 1.807) is 6.07 Å². The van der Waals surface area contributed by atoms with Crippen LogP contribution in [0.5, 0.6) is 0 Å². The number of hydrogen-bond donors (Lipinski definition) is 1. The third-order valence-electron chi connectivity index (χ3n) is 3.89. The number of benzene rings is 1. The molecule has 0 radical (unpaired) electrons. The molecule has 5 nitrogen and oxygen atoms in total. The molecule has 0 aromatic heterocycles. The first-order valence-electron chi connectivity index (χ1n) is 6.08. The van der Waals surface area contributed by atoms with Gasteiger partial charge in [0.1, 0.15) is 5.69 Å². The summed E-state index contributed by atoms with van der Waals surface area (Å²) in [4.78, 5) is 13.1. The van der Waals surface area contributed by atoms with Crippen LogP contribution < -0.4 is 10.2 Å². The van der Waals surface area contributed by atoms with Gasteiger partial charge in [0.15, 0.2) is 0 Å². The lowest BCUT2D eigenvalue weighted by Gasteiger charge is -2.25. The number of nitro benzene ring substituents is 1. The fourth-order valence-electron chi connectivity index (χ4n) is 3.03. The molecule has 2 aliphatic rings. The summed E-state index contributed by atoms with van der Waals surface area (Å²) in [6.45, 7) is 2.91. The SMILES string of the molecule is O=[N+]([O-])c1cc(I)ccc1N1CC[C@H]2CNC[C@H]21. The van der Waals surface area contributed by atoms with E-state index in [9.17, 15) is 10.1 Å². The van der Waals surface area contributed by atoms with E-state index >= 15 is 0 Å². The molecule has 2 atom stereocenters. The third kappa shape index (κ3) is 1.97. The lowest BCUT2D eigenvalue weighted by Crippen LogP contribution is -2.34. The quantitative estimate of drug-likeness (QED) is 0.499. The minimum atomic E-state index is -0.271. The number of halogens is 1. The van der Waals surface area contributed by atoms with Gasteiger partial charge in [-0.1, -0.05) is 0 Å². The zero-order chi connectivity index (χ0) is 12.7. The molecule has 0 amide bonds. The molecule has 96 valence electrons. The Morgan fingerprint density at radius 2 is 2.28 bits per heavy atom. The average molecular weight is 359 g/mol. The molecule has 3 rings (SSSR count). The number of fused-ring (bicyclic) bond motifs is 1. The number of rotatable bonds is 2. The summed E-state index contributed by atoms with van der Waals surface area (Å²) < 4.78 is 0.906. The molecule has 0 unspecified atom stereocenters. The van der Waals surface area contributed by atoms with E-state index in [0.29, 0.717) is 12.0 Å². The van der Waals surface area contributed by atoms with Crippen molar-refractivity contribution < 1.29 is 4.92 Å². The smallest absolute Gasteiger partial charge is 0.293 e. The van der Waals surface area contributed by atoms with Gasteiger partial charge in [0, 0.05) is 35.3 Å². The van der Waals surface area contributed by atoms with E-state index in [1.807, 2.05) is 12.1 Å². The van der Waals surface area contributed by atoms with Gasteiger partial charge in [-0.25, -0.2) is 0 Å². The summed E-state index contributed by atoms with van der Waals surface area (Å²) in [5.74, 6) is 0.642. The standard InChI is InChI=1S/C12H14IN3O2/c13-9-1-2-10(11(5-9)16(17)18)15-4-3-8-6-14-7-12(8)15/h1-2,5,8,12,14H,3-4,6-7H2/t8-,12+/m0/s1. The van der Waals surface area contributed by atoms with Crippen LogP contribution in [0.2, 0.25) is 0 Å². The lowest BCUT2D eigenvalue weighted by molar-refractivity contribution is -0.384. The van der Waals surface area contributed by atoms with Gasteiger partial charge in [-0.2, -0.15) is 0 Å². The lowest BCUT2D eigenvalue weighted by atomic mass is 10.0. The third-order valence-corrected chi connectivity index (χ3v) is 4.56. The minimum Gasteiger partial charge on any atom is -0.361 e. The van der Waals surface area contributed by atoms with Crippen molar-refractivity contribution in [3.8, 4) is 0 Å². The molecule has 2 saturated heterocycles. The zero-order valence-electron chi connectivity index (χ0n) is 9.80. The summed E-state index contributed by atoms with van der Waals surface area (Å²) >= 11 is 2.11. The molecule has 6 heteroatoms. The Morgan fingerprint density at radius 3 is 3.06 bits per heavy atom. The summed E-state index contributed by atoms with van der Waals surface area (Å²) in [5.41, 5.74) is 1.01. The Labute approximate surface area is 119 Å². The predicted molar refractivity (Wildman–Crippen MR) is 77.9 cm³/mol. The van der Waals surface area contributed by atoms with Gasteiger partial charge in [-0.05, 0) is 47.1 Å². The molecule has 1 N–H and O–H groups in total. The second-order valence-electron chi connectivity index (χ2n) is 4.86. The zero-order valence-corrected chi connectivity index (χ0v) is 12.0. The van der Waals surface area contributed by atoms with Crippen LogP contribution in [0.25, 0.3) is 0 Å². The highest BCUT2D eigenvalue weighted by atomic mass is 127. The molecule has 0 aliphatic carbocycles. The molecule has 2 aliphatic heterocycles. The van der Waals surface area contributed by atoms with Crippen LogP contribution in [0.15, 0.2) is 18.2 Å². The van der Waals surface area contributed by atoms with Gasteiger partial charge < -0.3 is 10.2 Å². The van der Waals surface area contributed by atoms with Gasteiger partial charge >= 0.3 is 0 Å². The van der Waals surface area contributed by atoms with Crippen LogP contribution >= 0.6 is 22.6 Å². The Morgan fingerprint density at radius 1 is 1.44 bits per heavy atom. The summed E-state index contributed by atoms with van der Waals surface area (Å²) in [6, 6.07) is 5.91. The Kier molecular flexibility index (Phi) is 3.14. The highest BCUT2D eigenvalue weighted by Crippen LogP contribution is 2.37. The second kappa shape index (κ2) is 4.65. The van der Waals surface area contributed by atoms with E-state index in [0.717, 1.165) is 35.3 Å². The van der Waals surface area contributed by atoms with Crippen molar-refractivity contribution in [3.63, 3.8) is 0 Å². The van der Waals surface area contributed by atoms with Crippen LogP contribution in [-0.2, 0) is 0 Å². The largest absolute Gasteiger partial charge is 0.361 e. The molecule has 2 heterocycles. The Balaban J connectivity index is 1.99. The van der Waals surface area contributed by atoms with Gasteiger partial charge in [-0.15, -0.1) is 0 Å². The van der Waals surface area contributed by atoms with E-state index in [2.05, 4.69) is 32.8 Å². The molecule has 0 bridgehead atoms. The predicted octanol–water partition coefficient (Wildman–Crippen LogP) is 2.00. The van der Waals surface area contributed by atoms with Crippen LogP contribution in [-0.4, -0.2) is 30.6 Å². The van der Waals surface area contributed by atoms with Crippen molar-refractivity contribution in [3.05, 3.63) is 31.9 Å². The maximum absolute atomic E-state index is 11.2. The van der Waals surface area contributed by atoms with Crippen molar-refractivity contribution >= 4 is 34.0 Å². The van der Waals surface area contributed by atoms with Crippen molar-refractivity contribution in [2.45, 2.75) is 12.5 Å². The van der Waals surface area contributed by atoms with Crippen molar-refractivity contribution in [1.82, 2.24) is 5.32 Å². The minimum absolute atomic E-state index is 0.231. The van der Waals surface area contributed by atoms with Gasteiger partial charge in [0.2, 0.25) is 0 Å². The number of nitro groups is 1. The van der Waals surface area contributed by atoms with Crippen molar-refractivity contribution in [2.24, 2.45) is 5.92 Å². The topological polar surface area (TPSA) is 58.4 Å². The van der Waals surface area contributed by atoms with Crippen LogP contribution in [0.3, 0.4) is 0 Å². The van der Waals surface area contributed by atoms with Crippen molar-refractivity contribution in [1.29, 1.82) is 0 Å². The molecule has 18 heavy (non-hydrogen) atoms. The van der Waals surface area contributed by atoms with E-state index in [4.69, 9.17) is 0 Å². The fraction of sp³-hybridized carbons (Fsp3) is 0.500. The first kappa shape index (κ1) is 12.2. The number of anilines is 1. The summed E-state index contributed by atoms with van der Waals surface area (Å²) in [6.07, 6.45) is 1.13. The summed E-state index contributed by atoms with van der Waals surface area (Å²) in [7, 11) is 0. The molecular weight excluding hydrogens is 345 g/mol. The van der Waals surface area contributed by atoms with E-state index < -0.39 is 0 Å². The fourth-order valence-corrected chi connectivity index (χ4v) is 3.51. The number of hydrogen-bond acceptors (Lipinski definition) is 4. The normalized spacial score (nSPS) is 26.4. The van der Waals surface area contributed by atoms with Crippen LogP contribution in [0.1, 0.15) is 6.42 Å². The van der Waals surface area contributed by atoms with Crippen LogP contribution in [0.4, 0.5) is 11.4 Å². The Bertz CT molecular complexity index is 494. The van der Waals surface area contributed by atoms with Gasteiger partial charge in [0.25, 0.3) is 5.69 Å².